The average molecular weight is 270 g/mol. The Balaban J connectivity index is 4.47. The zero-order valence-electron chi connectivity index (χ0n) is 9.97. The normalized spacial score (nSPS) is 15.5. The number of nitrogens with two attached hydrogens (primary N) is 1. The third-order valence-electron chi connectivity index (χ3n) is 2.18. The van der Waals surface area contributed by atoms with E-state index in [0.29, 0.717) is 0 Å². The summed E-state index contributed by atoms with van der Waals surface area (Å²) in [6.07, 6.45) is -5.37. The molecule has 1 amide bonds. The molecule has 2 atom stereocenters. The Morgan fingerprint density at radius 1 is 1.35 bits per heavy atom. The molecule has 0 saturated carbocycles. The first-order valence-corrected chi connectivity index (χ1v) is 5.62. The van der Waals surface area contributed by atoms with Gasteiger partial charge in [-0.3, -0.25) is 4.79 Å². The van der Waals surface area contributed by atoms with Crippen molar-refractivity contribution in [3.63, 3.8) is 0 Å². The molecular weight excluding hydrogens is 253 g/mol. The second kappa shape index (κ2) is 6.18. The molecule has 3 nitrogen and oxygen atoms in total. The van der Waals surface area contributed by atoms with Crippen LogP contribution >= 0.6 is 12.2 Å². The fourth-order valence-electron chi connectivity index (χ4n) is 1.49. The van der Waals surface area contributed by atoms with Crippen molar-refractivity contribution in [2.75, 3.05) is 0 Å². The molecule has 0 aromatic heterocycles. The monoisotopic (exact) mass is 270 g/mol. The van der Waals surface area contributed by atoms with Crippen molar-refractivity contribution in [1.29, 1.82) is 0 Å². The molecule has 0 aliphatic rings. The van der Waals surface area contributed by atoms with Crippen LogP contribution in [0.2, 0.25) is 0 Å². The Bertz CT molecular complexity index is 292. The Hall–Kier alpha value is -0.850. The zero-order valence-corrected chi connectivity index (χ0v) is 10.8. The molecule has 0 aliphatic heterocycles. The van der Waals surface area contributed by atoms with E-state index in [1.54, 1.807) is 13.8 Å². The lowest BCUT2D eigenvalue weighted by Gasteiger charge is -2.22. The van der Waals surface area contributed by atoms with Gasteiger partial charge in [0, 0.05) is 6.04 Å². The average Bonchev–Trinajstić information content (AvgIpc) is 1.96. The number of rotatable bonds is 5. The number of carbonyl (C=O) groups excluding carboxylic acids is 1. The standard InChI is InChI=1S/C10H17F3N2OS/c1-5(2)7(8(14)17)9(16)15-6(3)4-10(11,12)13/h5-7H,4H2,1-3H3,(H2,14,17)(H,15,16). The van der Waals surface area contributed by atoms with Crippen molar-refractivity contribution < 1.29 is 18.0 Å². The zero-order chi connectivity index (χ0) is 13.8. The van der Waals surface area contributed by atoms with E-state index in [9.17, 15) is 18.0 Å². The quantitative estimate of drug-likeness (QED) is 0.751. The number of hydrogen-bond donors (Lipinski definition) is 2. The van der Waals surface area contributed by atoms with Gasteiger partial charge in [-0.05, 0) is 12.8 Å². The number of nitrogens with one attached hydrogen (secondary N) is 1. The number of alkyl halides is 3. The van der Waals surface area contributed by atoms with Gasteiger partial charge < -0.3 is 11.1 Å². The molecule has 0 rings (SSSR count). The van der Waals surface area contributed by atoms with Crippen LogP contribution in [0.25, 0.3) is 0 Å². The third kappa shape index (κ3) is 6.45. The Morgan fingerprint density at radius 3 is 2.12 bits per heavy atom. The molecule has 17 heavy (non-hydrogen) atoms. The summed E-state index contributed by atoms with van der Waals surface area (Å²) in [6.45, 7) is 4.76. The van der Waals surface area contributed by atoms with Gasteiger partial charge in [-0.1, -0.05) is 26.1 Å². The molecule has 0 aliphatic carbocycles. The summed E-state index contributed by atoms with van der Waals surface area (Å²) < 4.78 is 36.2. The maximum absolute atomic E-state index is 12.1. The maximum atomic E-state index is 12.1. The van der Waals surface area contributed by atoms with Gasteiger partial charge in [0.05, 0.1) is 17.3 Å². The first kappa shape index (κ1) is 16.1. The molecular formula is C10H17F3N2OS. The van der Waals surface area contributed by atoms with Crippen LogP contribution in [0.4, 0.5) is 13.2 Å². The fraction of sp³-hybridized carbons (Fsp3) is 0.800. The van der Waals surface area contributed by atoms with Gasteiger partial charge in [0.25, 0.3) is 0 Å². The van der Waals surface area contributed by atoms with Crippen molar-refractivity contribution in [1.82, 2.24) is 5.32 Å². The molecule has 3 N–H and O–H groups in total. The predicted octanol–water partition coefficient (Wildman–Crippen LogP) is 2.00. The van der Waals surface area contributed by atoms with Gasteiger partial charge in [0.15, 0.2) is 0 Å². The molecule has 7 heteroatoms. The van der Waals surface area contributed by atoms with E-state index in [0.717, 1.165) is 0 Å². The summed E-state index contributed by atoms with van der Waals surface area (Å²) in [5, 5.41) is 2.27. The van der Waals surface area contributed by atoms with Gasteiger partial charge in [-0.25, -0.2) is 0 Å². The minimum absolute atomic E-state index is 0.00305. The summed E-state index contributed by atoms with van der Waals surface area (Å²) in [5.41, 5.74) is 5.39. The van der Waals surface area contributed by atoms with E-state index in [2.05, 4.69) is 5.32 Å². The van der Waals surface area contributed by atoms with Crippen molar-refractivity contribution in [3.8, 4) is 0 Å². The molecule has 100 valence electrons. The minimum atomic E-state index is -4.30. The van der Waals surface area contributed by atoms with E-state index < -0.39 is 30.5 Å². The van der Waals surface area contributed by atoms with E-state index in [-0.39, 0.29) is 10.9 Å². The number of hydrogen-bond acceptors (Lipinski definition) is 2. The first-order valence-electron chi connectivity index (χ1n) is 5.21. The minimum Gasteiger partial charge on any atom is -0.393 e. The van der Waals surface area contributed by atoms with Gasteiger partial charge in [0.1, 0.15) is 0 Å². The van der Waals surface area contributed by atoms with Crippen LogP contribution in [0, 0.1) is 11.8 Å². The molecule has 0 aromatic carbocycles. The van der Waals surface area contributed by atoms with Crippen LogP contribution in [-0.4, -0.2) is 23.1 Å². The van der Waals surface area contributed by atoms with Crippen molar-refractivity contribution in [2.24, 2.45) is 17.6 Å². The van der Waals surface area contributed by atoms with Gasteiger partial charge in [0.2, 0.25) is 5.91 Å². The van der Waals surface area contributed by atoms with Gasteiger partial charge in [-0.15, -0.1) is 0 Å². The molecule has 0 heterocycles. The molecule has 0 saturated heterocycles. The highest BCUT2D eigenvalue weighted by Gasteiger charge is 2.32. The summed E-state index contributed by atoms with van der Waals surface area (Å²) in [5.74, 6) is -1.43. The summed E-state index contributed by atoms with van der Waals surface area (Å²) >= 11 is 4.73. The Labute approximate surface area is 104 Å². The molecule has 0 aromatic rings. The van der Waals surface area contributed by atoms with Gasteiger partial charge >= 0.3 is 6.18 Å². The van der Waals surface area contributed by atoms with Gasteiger partial charge in [-0.2, -0.15) is 13.2 Å². The Kier molecular flexibility index (Phi) is 5.87. The smallest absolute Gasteiger partial charge is 0.391 e. The first-order chi connectivity index (χ1) is 7.54. The number of halogens is 3. The SMILES string of the molecule is CC(CC(F)(F)F)NC(=O)C(C(N)=S)C(C)C. The largest absolute Gasteiger partial charge is 0.393 e. The van der Waals surface area contributed by atoms with Crippen molar-refractivity contribution in [2.45, 2.75) is 39.4 Å². The lowest BCUT2D eigenvalue weighted by atomic mass is 9.94. The number of amides is 1. The highest BCUT2D eigenvalue weighted by atomic mass is 32.1. The molecule has 0 spiro atoms. The van der Waals surface area contributed by atoms with Crippen LogP contribution in [0.1, 0.15) is 27.2 Å². The third-order valence-corrected chi connectivity index (χ3v) is 2.44. The lowest BCUT2D eigenvalue weighted by Crippen LogP contribution is -2.45. The van der Waals surface area contributed by atoms with Crippen LogP contribution in [0.3, 0.4) is 0 Å². The Morgan fingerprint density at radius 2 is 1.82 bits per heavy atom. The van der Waals surface area contributed by atoms with Crippen LogP contribution in [-0.2, 0) is 4.79 Å². The topological polar surface area (TPSA) is 55.1 Å². The number of thiocarbonyl (C=S) groups is 1. The van der Waals surface area contributed by atoms with E-state index in [4.69, 9.17) is 18.0 Å². The van der Waals surface area contributed by atoms with Crippen molar-refractivity contribution in [3.05, 3.63) is 0 Å². The molecule has 0 bridgehead atoms. The summed E-state index contributed by atoms with van der Waals surface area (Å²) in [6, 6.07) is -0.988. The van der Waals surface area contributed by atoms with Crippen LogP contribution in [0.5, 0.6) is 0 Å². The van der Waals surface area contributed by atoms with E-state index in [1.807, 2.05) is 0 Å². The fourth-order valence-corrected chi connectivity index (χ4v) is 1.87. The predicted molar refractivity (Wildman–Crippen MR) is 63.4 cm³/mol. The second-order valence-electron chi connectivity index (χ2n) is 4.35. The van der Waals surface area contributed by atoms with Crippen LogP contribution < -0.4 is 11.1 Å². The highest BCUT2D eigenvalue weighted by Crippen LogP contribution is 2.21. The van der Waals surface area contributed by atoms with Crippen LogP contribution in [0.15, 0.2) is 0 Å². The second-order valence-corrected chi connectivity index (χ2v) is 4.82. The highest BCUT2D eigenvalue weighted by molar-refractivity contribution is 7.80. The van der Waals surface area contributed by atoms with E-state index >= 15 is 0 Å². The molecule has 2 unspecified atom stereocenters. The maximum Gasteiger partial charge on any atom is 0.391 e. The van der Waals surface area contributed by atoms with E-state index in [1.165, 1.54) is 6.92 Å². The molecule has 0 fully saturated rings. The van der Waals surface area contributed by atoms with Crippen molar-refractivity contribution >= 4 is 23.1 Å². The lowest BCUT2D eigenvalue weighted by molar-refractivity contribution is -0.141. The number of carbonyl (C=O) groups is 1. The summed E-state index contributed by atoms with van der Waals surface area (Å²) in [7, 11) is 0. The molecule has 0 radical (unpaired) electrons. The summed E-state index contributed by atoms with van der Waals surface area (Å²) in [4.78, 5) is 11.7.